The lowest BCUT2D eigenvalue weighted by Gasteiger charge is -2.17. The zero-order chi connectivity index (χ0) is 17.7. The topological polar surface area (TPSA) is 114 Å². The van der Waals surface area contributed by atoms with Crippen LogP contribution in [0.4, 0.5) is 5.13 Å². The molecular formula is C13H21N3O5S2. The summed E-state index contributed by atoms with van der Waals surface area (Å²) in [5, 5.41) is 4.20. The summed E-state index contributed by atoms with van der Waals surface area (Å²) in [6.45, 7) is 6.70. The zero-order valence-corrected chi connectivity index (χ0v) is 15.1. The number of esters is 1. The van der Waals surface area contributed by atoms with Crippen molar-refractivity contribution in [3.05, 3.63) is 11.1 Å². The van der Waals surface area contributed by atoms with Crippen LogP contribution in [0.5, 0.6) is 0 Å². The van der Waals surface area contributed by atoms with Crippen molar-refractivity contribution in [1.29, 1.82) is 0 Å². The minimum Gasteiger partial charge on any atom is -0.468 e. The molecule has 1 amide bonds. The number of aromatic nitrogens is 1. The van der Waals surface area contributed by atoms with E-state index in [4.69, 9.17) is 0 Å². The molecule has 1 aromatic rings. The molecule has 8 nitrogen and oxygen atoms in total. The first-order valence-corrected chi connectivity index (χ1v) is 9.37. The van der Waals surface area contributed by atoms with Gasteiger partial charge in [0, 0.05) is 11.9 Å². The predicted octanol–water partition coefficient (Wildman–Crippen LogP) is 1.22. The lowest BCUT2D eigenvalue weighted by molar-refractivity contribution is -0.137. The Labute approximate surface area is 139 Å². The Hall–Kier alpha value is -1.68. The second-order valence-corrected chi connectivity index (χ2v) is 8.62. The molecule has 1 heterocycles. The van der Waals surface area contributed by atoms with Crippen LogP contribution in [-0.2, 0) is 19.6 Å². The molecule has 0 saturated heterocycles. The third-order valence-corrected chi connectivity index (χ3v) is 4.68. The molecule has 2 N–H and O–H groups in total. The number of amides is 1. The molecule has 130 valence electrons. The third-order valence-electron chi connectivity index (χ3n) is 2.68. The van der Waals surface area contributed by atoms with Crippen molar-refractivity contribution in [3.63, 3.8) is 0 Å². The van der Waals surface area contributed by atoms with E-state index < -0.39 is 21.7 Å². The Kier molecular flexibility index (Phi) is 6.51. The van der Waals surface area contributed by atoms with E-state index in [0.717, 1.165) is 24.9 Å². The van der Waals surface area contributed by atoms with Crippen molar-refractivity contribution >= 4 is 38.4 Å². The molecule has 0 aliphatic carbocycles. The minimum absolute atomic E-state index is 0.0230. The fraction of sp³-hybridized carbons (Fsp3) is 0.615. The average molecular weight is 363 g/mol. The second-order valence-electron chi connectivity index (χ2n) is 6.04. The molecule has 0 radical (unpaired) electrons. The van der Waals surface area contributed by atoms with E-state index in [1.54, 1.807) is 0 Å². The maximum absolute atomic E-state index is 11.9. The van der Waals surface area contributed by atoms with E-state index in [1.165, 1.54) is 5.38 Å². The number of rotatable bonds is 7. The van der Waals surface area contributed by atoms with Gasteiger partial charge in [-0.05, 0) is 11.8 Å². The highest BCUT2D eigenvalue weighted by Crippen LogP contribution is 2.18. The summed E-state index contributed by atoms with van der Waals surface area (Å²) in [6, 6.07) is 0. The van der Waals surface area contributed by atoms with Gasteiger partial charge in [0.2, 0.25) is 10.0 Å². The third kappa shape index (κ3) is 7.42. The summed E-state index contributed by atoms with van der Waals surface area (Å²) >= 11 is 0.964. The number of methoxy groups -OCH3 is 1. The first kappa shape index (κ1) is 19.4. The number of nitrogens with zero attached hydrogens (tertiary/aromatic N) is 1. The molecule has 1 rings (SSSR count). The van der Waals surface area contributed by atoms with Crippen LogP contribution in [0.1, 0.15) is 37.7 Å². The van der Waals surface area contributed by atoms with E-state index in [0.29, 0.717) is 6.54 Å². The summed E-state index contributed by atoms with van der Waals surface area (Å²) in [6.07, 6.45) is 0.807. The second kappa shape index (κ2) is 7.73. The molecular weight excluding hydrogens is 342 g/mol. The number of nitrogens with one attached hydrogen (secondary N) is 2. The number of sulfonamides is 1. The molecule has 23 heavy (non-hydrogen) atoms. The fourth-order valence-corrected chi connectivity index (χ4v) is 3.37. The molecule has 0 unspecified atom stereocenters. The van der Waals surface area contributed by atoms with Crippen LogP contribution in [0.25, 0.3) is 0 Å². The van der Waals surface area contributed by atoms with E-state index in [1.807, 2.05) is 0 Å². The molecule has 0 spiro atoms. The van der Waals surface area contributed by atoms with Gasteiger partial charge in [0.1, 0.15) is 5.69 Å². The highest BCUT2D eigenvalue weighted by Gasteiger charge is 2.20. The van der Waals surface area contributed by atoms with Crippen LogP contribution in [0.3, 0.4) is 0 Å². The molecule has 0 atom stereocenters. The summed E-state index contributed by atoms with van der Waals surface area (Å²) in [5.41, 5.74) is 0.226. The van der Waals surface area contributed by atoms with E-state index in [9.17, 15) is 18.0 Å². The maximum atomic E-state index is 11.9. The van der Waals surface area contributed by atoms with E-state index >= 15 is 0 Å². The number of anilines is 1. The van der Waals surface area contributed by atoms with Gasteiger partial charge >= 0.3 is 5.97 Å². The molecule has 0 aliphatic heterocycles. The molecule has 0 bridgehead atoms. The van der Waals surface area contributed by atoms with Crippen molar-refractivity contribution in [2.75, 3.05) is 24.1 Å². The van der Waals surface area contributed by atoms with Crippen LogP contribution >= 0.6 is 11.3 Å². The maximum Gasteiger partial charge on any atom is 0.322 e. The number of thiazole rings is 1. The quantitative estimate of drug-likeness (QED) is 0.704. The monoisotopic (exact) mass is 363 g/mol. The zero-order valence-electron chi connectivity index (χ0n) is 13.5. The van der Waals surface area contributed by atoms with Gasteiger partial charge in [-0.3, -0.25) is 14.3 Å². The lowest BCUT2D eigenvalue weighted by atomic mass is 9.92. The van der Waals surface area contributed by atoms with Gasteiger partial charge in [0.05, 0.1) is 7.11 Å². The SMILES string of the molecule is COC(=O)CS(=O)(=O)Nc1nc(C(=O)NCCC(C)(C)C)cs1. The number of hydrogen-bond donors (Lipinski definition) is 2. The Bertz CT molecular complexity index is 661. The van der Waals surface area contributed by atoms with Gasteiger partial charge in [-0.2, -0.15) is 0 Å². The molecule has 10 heteroatoms. The predicted molar refractivity (Wildman–Crippen MR) is 87.9 cm³/mol. The van der Waals surface area contributed by atoms with Crippen LogP contribution in [-0.4, -0.2) is 44.7 Å². The van der Waals surface area contributed by atoms with Crippen LogP contribution in [0.2, 0.25) is 0 Å². The lowest BCUT2D eigenvalue weighted by Crippen LogP contribution is -2.27. The average Bonchev–Trinajstić information content (AvgIpc) is 2.84. The Morgan fingerprint density at radius 1 is 1.35 bits per heavy atom. The highest BCUT2D eigenvalue weighted by molar-refractivity contribution is 7.93. The van der Waals surface area contributed by atoms with Crippen molar-refractivity contribution < 1.29 is 22.7 Å². The van der Waals surface area contributed by atoms with Gasteiger partial charge < -0.3 is 10.1 Å². The Morgan fingerprint density at radius 3 is 2.57 bits per heavy atom. The van der Waals surface area contributed by atoms with Crippen LogP contribution < -0.4 is 10.0 Å². The number of carbonyl (C=O) groups is 2. The normalized spacial score (nSPS) is 11.8. The Balaban J connectivity index is 2.60. The van der Waals surface area contributed by atoms with Gasteiger partial charge in [-0.15, -0.1) is 11.3 Å². The van der Waals surface area contributed by atoms with Crippen molar-refractivity contribution in [2.45, 2.75) is 27.2 Å². The first-order valence-electron chi connectivity index (χ1n) is 6.83. The Morgan fingerprint density at radius 2 is 2.00 bits per heavy atom. The fourth-order valence-electron chi connectivity index (χ4n) is 1.45. The van der Waals surface area contributed by atoms with E-state index in [-0.39, 0.29) is 22.1 Å². The van der Waals surface area contributed by atoms with Gasteiger partial charge in [0.15, 0.2) is 10.9 Å². The van der Waals surface area contributed by atoms with Crippen molar-refractivity contribution in [1.82, 2.24) is 10.3 Å². The van der Waals surface area contributed by atoms with Crippen LogP contribution in [0, 0.1) is 5.41 Å². The van der Waals surface area contributed by atoms with Gasteiger partial charge in [0.25, 0.3) is 5.91 Å². The first-order chi connectivity index (χ1) is 10.5. The molecule has 0 fully saturated rings. The van der Waals surface area contributed by atoms with Crippen LogP contribution in [0.15, 0.2) is 5.38 Å². The smallest absolute Gasteiger partial charge is 0.322 e. The summed E-state index contributed by atoms with van der Waals surface area (Å²) in [7, 11) is -2.80. The molecule has 0 saturated carbocycles. The number of carbonyl (C=O) groups excluding carboxylic acids is 2. The van der Waals surface area contributed by atoms with Crippen molar-refractivity contribution in [3.8, 4) is 0 Å². The molecule has 1 aromatic heterocycles. The van der Waals surface area contributed by atoms with Crippen molar-refractivity contribution in [2.24, 2.45) is 5.41 Å². The number of hydrogen-bond acceptors (Lipinski definition) is 7. The van der Waals surface area contributed by atoms with E-state index in [2.05, 4.69) is 40.5 Å². The standard InChI is InChI=1S/C13H21N3O5S2/c1-13(2,3)5-6-14-11(18)9-7-22-12(15-9)16-23(19,20)8-10(17)21-4/h7H,5-6,8H2,1-4H3,(H,14,18)(H,15,16). The number of ether oxygens (including phenoxy) is 1. The minimum atomic E-state index is -3.90. The summed E-state index contributed by atoms with van der Waals surface area (Å²) in [4.78, 5) is 26.8. The molecule has 0 aliphatic rings. The largest absolute Gasteiger partial charge is 0.468 e. The highest BCUT2D eigenvalue weighted by atomic mass is 32.2. The molecule has 0 aromatic carbocycles. The van der Waals surface area contributed by atoms with Gasteiger partial charge in [-0.1, -0.05) is 20.8 Å². The van der Waals surface area contributed by atoms with Gasteiger partial charge in [-0.25, -0.2) is 13.4 Å². The summed E-state index contributed by atoms with van der Waals surface area (Å²) in [5.74, 6) is -2.06. The summed E-state index contributed by atoms with van der Waals surface area (Å²) < 4.78 is 29.8.